The van der Waals surface area contributed by atoms with Gasteiger partial charge < -0.3 is 19.9 Å². The normalized spacial score (nSPS) is 26.9. The van der Waals surface area contributed by atoms with Gasteiger partial charge in [0, 0.05) is 5.92 Å². The first-order valence-corrected chi connectivity index (χ1v) is 8.93. The number of ether oxygens (including phenoxy) is 3. The number of rotatable bonds is 4. The summed E-state index contributed by atoms with van der Waals surface area (Å²) in [6, 6.07) is 19.0. The van der Waals surface area contributed by atoms with Crippen LogP contribution in [0.1, 0.15) is 12.5 Å². The summed E-state index contributed by atoms with van der Waals surface area (Å²) >= 11 is 0. The fourth-order valence-corrected chi connectivity index (χ4v) is 3.14. The van der Waals surface area contributed by atoms with Gasteiger partial charge in [-0.1, -0.05) is 48.5 Å². The van der Waals surface area contributed by atoms with E-state index in [1.165, 1.54) is 0 Å². The summed E-state index contributed by atoms with van der Waals surface area (Å²) in [5.41, 5.74) is 6.99. The lowest BCUT2D eigenvalue weighted by Gasteiger charge is -2.31. The second kappa shape index (κ2) is 8.83. The van der Waals surface area contributed by atoms with Crippen molar-refractivity contribution in [1.82, 2.24) is 0 Å². The van der Waals surface area contributed by atoms with Crippen molar-refractivity contribution in [2.75, 3.05) is 13.2 Å². The molecule has 2 aromatic rings. The third-order valence-electron chi connectivity index (χ3n) is 4.61. The summed E-state index contributed by atoms with van der Waals surface area (Å²) in [5.74, 6) is 0.268. The molecule has 0 aromatic heterocycles. The van der Waals surface area contributed by atoms with Crippen LogP contribution >= 0.6 is 0 Å². The average Bonchev–Trinajstić information content (AvgIpc) is 2.70. The summed E-state index contributed by atoms with van der Waals surface area (Å²) in [6.07, 6.45) is 0.112. The molecule has 0 aliphatic carbocycles. The van der Waals surface area contributed by atoms with E-state index >= 15 is 0 Å². The molecular formula is C21H25NO4. The van der Waals surface area contributed by atoms with Crippen molar-refractivity contribution in [1.29, 1.82) is 0 Å². The minimum atomic E-state index is -0.773. The van der Waals surface area contributed by atoms with Crippen molar-refractivity contribution in [2.45, 2.75) is 31.6 Å². The number of carbonyl (C=O) groups is 1. The minimum Gasteiger partial charge on any atom is -0.488 e. The quantitative estimate of drug-likeness (QED) is 0.854. The monoisotopic (exact) mass is 355 g/mol. The van der Waals surface area contributed by atoms with Crippen molar-refractivity contribution in [3.63, 3.8) is 0 Å². The van der Waals surface area contributed by atoms with Crippen molar-refractivity contribution in [2.24, 2.45) is 11.7 Å². The number of hydrogen-bond donors (Lipinski definition) is 1. The Bertz CT molecular complexity index is 692. The molecule has 138 valence electrons. The zero-order valence-corrected chi connectivity index (χ0v) is 14.9. The van der Waals surface area contributed by atoms with Gasteiger partial charge in [0.05, 0.1) is 13.2 Å². The number of benzene rings is 2. The molecule has 4 unspecified atom stereocenters. The third-order valence-corrected chi connectivity index (χ3v) is 4.61. The van der Waals surface area contributed by atoms with Crippen LogP contribution < -0.4 is 10.5 Å². The predicted molar refractivity (Wildman–Crippen MR) is 98.8 cm³/mol. The SMILES string of the molecule is CC1OC(=O)C(N)COCC(Oc2ccccc2)C1Cc1ccccc1. The molecule has 2 aromatic carbocycles. The fraction of sp³-hybridized carbons (Fsp3) is 0.381. The highest BCUT2D eigenvalue weighted by molar-refractivity contribution is 5.75. The third kappa shape index (κ3) is 4.84. The van der Waals surface area contributed by atoms with E-state index in [1.807, 2.05) is 55.5 Å². The number of esters is 1. The van der Waals surface area contributed by atoms with E-state index < -0.39 is 12.0 Å². The van der Waals surface area contributed by atoms with E-state index in [-0.39, 0.29) is 24.7 Å². The lowest BCUT2D eigenvalue weighted by molar-refractivity contribution is -0.153. The van der Waals surface area contributed by atoms with Crippen molar-refractivity contribution >= 4 is 5.97 Å². The Morgan fingerprint density at radius 2 is 1.69 bits per heavy atom. The lowest BCUT2D eigenvalue weighted by Crippen LogP contribution is -2.41. The van der Waals surface area contributed by atoms with Gasteiger partial charge in [-0.25, -0.2) is 0 Å². The van der Waals surface area contributed by atoms with E-state index in [1.54, 1.807) is 0 Å². The molecule has 0 amide bonds. The molecule has 5 heteroatoms. The van der Waals surface area contributed by atoms with Gasteiger partial charge >= 0.3 is 5.97 Å². The summed E-state index contributed by atoms with van der Waals surface area (Å²) in [7, 11) is 0. The van der Waals surface area contributed by atoms with Gasteiger partial charge in [0.1, 0.15) is 24.0 Å². The van der Waals surface area contributed by atoms with Gasteiger partial charge in [-0.3, -0.25) is 4.79 Å². The van der Waals surface area contributed by atoms with Crippen LogP contribution in [0.5, 0.6) is 5.75 Å². The molecule has 0 bridgehead atoms. The molecule has 3 rings (SSSR count). The Hall–Kier alpha value is -2.37. The van der Waals surface area contributed by atoms with Crippen molar-refractivity contribution in [3.05, 3.63) is 66.2 Å². The van der Waals surface area contributed by atoms with Gasteiger partial charge in [0.2, 0.25) is 0 Å². The molecule has 1 aliphatic heterocycles. The Kier molecular flexibility index (Phi) is 6.26. The first-order valence-electron chi connectivity index (χ1n) is 8.93. The van der Waals surface area contributed by atoms with Crippen LogP contribution in [0.4, 0.5) is 0 Å². The van der Waals surface area contributed by atoms with E-state index in [0.717, 1.165) is 11.3 Å². The standard InChI is InChI=1S/C21H25NO4/c1-15-18(12-16-8-4-2-5-9-16)20(26-17-10-6-3-7-11-17)14-24-13-19(22)21(23)25-15/h2-11,15,18-20H,12-14,22H2,1H3. The fourth-order valence-electron chi connectivity index (χ4n) is 3.14. The smallest absolute Gasteiger partial charge is 0.325 e. The summed E-state index contributed by atoms with van der Waals surface area (Å²) in [5, 5.41) is 0. The summed E-state index contributed by atoms with van der Waals surface area (Å²) < 4.78 is 17.5. The molecule has 1 aliphatic rings. The first kappa shape index (κ1) is 18.4. The Morgan fingerprint density at radius 1 is 1.04 bits per heavy atom. The molecule has 26 heavy (non-hydrogen) atoms. The maximum Gasteiger partial charge on any atom is 0.325 e. The van der Waals surface area contributed by atoms with E-state index in [4.69, 9.17) is 19.9 Å². The zero-order valence-electron chi connectivity index (χ0n) is 14.9. The van der Waals surface area contributed by atoms with Gasteiger partial charge in [-0.2, -0.15) is 0 Å². The Balaban J connectivity index is 1.85. The molecule has 0 radical (unpaired) electrons. The number of para-hydroxylation sites is 1. The Morgan fingerprint density at radius 3 is 2.38 bits per heavy atom. The van der Waals surface area contributed by atoms with E-state index in [2.05, 4.69) is 12.1 Å². The van der Waals surface area contributed by atoms with Crippen LogP contribution in [-0.4, -0.2) is 37.4 Å². The number of hydrogen-bond acceptors (Lipinski definition) is 5. The van der Waals surface area contributed by atoms with Gasteiger partial charge in [0.15, 0.2) is 0 Å². The van der Waals surface area contributed by atoms with E-state index in [9.17, 15) is 4.79 Å². The van der Waals surface area contributed by atoms with Crippen LogP contribution in [0.25, 0.3) is 0 Å². The Labute approximate surface area is 154 Å². The van der Waals surface area contributed by atoms with Crippen LogP contribution in [0.15, 0.2) is 60.7 Å². The van der Waals surface area contributed by atoms with Crippen molar-refractivity contribution < 1.29 is 19.0 Å². The van der Waals surface area contributed by atoms with Crippen LogP contribution in [-0.2, 0) is 20.7 Å². The second-order valence-corrected chi connectivity index (χ2v) is 6.61. The van der Waals surface area contributed by atoms with Gasteiger partial charge in [-0.15, -0.1) is 0 Å². The van der Waals surface area contributed by atoms with Gasteiger partial charge in [0.25, 0.3) is 0 Å². The molecule has 1 heterocycles. The molecule has 4 atom stereocenters. The molecule has 2 N–H and O–H groups in total. The lowest BCUT2D eigenvalue weighted by atomic mass is 9.89. The molecule has 0 spiro atoms. The summed E-state index contributed by atoms with van der Waals surface area (Å²) in [4.78, 5) is 12.1. The largest absolute Gasteiger partial charge is 0.488 e. The molecule has 1 saturated heterocycles. The second-order valence-electron chi connectivity index (χ2n) is 6.61. The number of nitrogens with two attached hydrogens (primary N) is 1. The van der Waals surface area contributed by atoms with E-state index in [0.29, 0.717) is 13.0 Å². The van der Waals surface area contributed by atoms with Crippen LogP contribution in [0.2, 0.25) is 0 Å². The number of cyclic esters (lactones) is 1. The highest BCUT2D eigenvalue weighted by Gasteiger charge is 2.34. The predicted octanol–water partition coefficient (Wildman–Crippen LogP) is 2.58. The highest BCUT2D eigenvalue weighted by Crippen LogP contribution is 2.25. The molecule has 5 nitrogen and oxygen atoms in total. The highest BCUT2D eigenvalue weighted by atomic mass is 16.6. The summed E-state index contributed by atoms with van der Waals surface area (Å²) in [6.45, 7) is 2.37. The first-order chi connectivity index (χ1) is 12.6. The number of carbonyl (C=O) groups excluding carboxylic acids is 1. The van der Waals surface area contributed by atoms with Crippen molar-refractivity contribution in [3.8, 4) is 5.75 Å². The van der Waals surface area contributed by atoms with Crippen LogP contribution in [0, 0.1) is 5.92 Å². The topological polar surface area (TPSA) is 70.8 Å². The van der Waals surface area contributed by atoms with Crippen LogP contribution in [0.3, 0.4) is 0 Å². The zero-order chi connectivity index (χ0) is 18.4. The maximum absolute atomic E-state index is 12.1. The maximum atomic E-state index is 12.1. The average molecular weight is 355 g/mol. The minimum absolute atomic E-state index is 0.0631. The van der Waals surface area contributed by atoms with Gasteiger partial charge in [-0.05, 0) is 31.0 Å². The molecular weight excluding hydrogens is 330 g/mol. The molecule has 0 saturated carbocycles. The molecule has 1 fully saturated rings.